The van der Waals surface area contributed by atoms with Crippen molar-refractivity contribution in [2.45, 2.75) is 40.4 Å². The molecule has 5 heteroatoms. The predicted molar refractivity (Wildman–Crippen MR) is 263 cm³/mol. The highest BCUT2D eigenvalue weighted by Crippen LogP contribution is 2.79. The van der Waals surface area contributed by atoms with Gasteiger partial charge >= 0.3 is 0 Å². The molecule has 62 heavy (non-hydrogen) atoms. The third kappa shape index (κ3) is 5.22. The monoisotopic (exact) mass is 813 g/mol. The highest BCUT2D eigenvalue weighted by atomic mass is 32.3. The van der Waals surface area contributed by atoms with Crippen LogP contribution in [0.15, 0.2) is 232 Å². The molecule has 3 nitrogen and oxygen atoms in total. The molecule has 0 spiro atoms. The molecule has 0 amide bonds. The van der Waals surface area contributed by atoms with Crippen molar-refractivity contribution in [1.29, 1.82) is 0 Å². The lowest BCUT2D eigenvalue weighted by Gasteiger charge is -2.53. The van der Waals surface area contributed by atoms with Crippen molar-refractivity contribution in [2.24, 2.45) is 0 Å². The van der Waals surface area contributed by atoms with Crippen LogP contribution in [-0.4, -0.2) is 6.71 Å². The average Bonchev–Trinajstić information content (AvgIpc) is 3.31. The second-order valence-electron chi connectivity index (χ2n) is 16.7. The van der Waals surface area contributed by atoms with Crippen LogP contribution in [0.3, 0.4) is 0 Å². The number of nitrogens with zero attached hydrogens (tertiary/aromatic N) is 3. The van der Waals surface area contributed by atoms with Gasteiger partial charge in [0.25, 0.3) is 6.71 Å². The van der Waals surface area contributed by atoms with Crippen molar-refractivity contribution in [1.82, 2.24) is 0 Å². The van der Waals surface area contributed by atoms with E-state index in [9.17, 15) is 0 Å². The molecule has 12 rings (SSSR count). The van der Waals surface area contributed by atoms with Gasteiger partial charge in [0.15, 0.2) is 0 Å². The number of benzene rings is 9. The molecular weight excluding hydrogens is 770 g/mol. The van der Waals surface area contributed by atoms with E-state index in [1.807, 2.05) is 0 Å². The van der Waals surface area contributed by atoms with E-state index in [4.69, 9.17) is 0 Å². The minimum Gasteiger partial charge on any atom is -0.311 e. The number of rotatable bonds is 6. The summed E-state index contributed by atoms with van der Waals surface area (Å²) in [6.07, 6.45) is 0. The lowest BCUT2D eigenvalue weighted by atomic mass is 9.33. The topological polar surface area (TPSA) is 9.72 Å². The van der Waals surface area contributed by atoms with Crippen molar-refractivity contribution in [3.8, 4) is 0 Å². The SMILES string of the molecule is Cc1cc(C)c(N2c3cc(N(c4ccccc4)c4ccccc4)ccc3B3c4cccc5c4N(c4ccccc4S5(c4ccccc4)c4ccccc4)c4cccc2c43)c(C)c1. The van der Waals surface area contributed by atoms with Gasteiger partial charge in [0.1, 0.15) is 0 Å². The maximum atomic E-state index is 2.62. The minimum absolute atomic E-state index is 0.00503. The second-order valence-corrected chi connectivity index (χ2v) is 19.8. The largest absolute Gasteiger partial charge is 0.311 e. The molecule has 3 heterocycles. The van der Waals surface area contributed by atoms with E-state index in [0.29, 0.717) is 0 Å². The fourth-order valence-corrected chi connectivity index (χ4v) is 15.0. The summed E-state index contributed by atoms with van der Waals surface area (Å²) in [5.41, 5.74) is 18.6. The van der Waals surface area contributed by atoms with E-state index in [-0.39, 0.29) is 6.71 Å². The molecule has 3 aliphatic heterocycles. The van der Waals surface area contributed by atoms with Crippen LogP contribution in [0.25, 0.3) is 0 Å². The molecular formula is C57H44BN3S. The summed E-state index contributed by atoms with van der Waals surface area (Å²) in [4.78, 5) is 13.0. The summed E-state index contributed by atoms with van der Waals surface area (Å²) >= 11 is 0. The maximum absolute atomic E-state index is 2.62. The number of anilines is 9. The molecule has 0 N–H and O–H groups in total. The van der Waals surface area contributed by atoms with Crippen LogP contribution >= 0.6 is 10.0 Å². The molecule has 9 aromatic rings. The van der Waals surface area contributed by atoms with Gasteiger partial charge in [0, 0.05) is 53.7 Å². The summed E-state index contributed by atoms with van der Waals surface area (Å²) in [6.45, 7) is 6.76. The van der Waals surface area contributed by atoms with E-state index >= 15 is 0 Å². The van der Waals surface area contributed by atoms with Gasteiger partial charge in [0.05, 0.1) is 17.1 Å². The van der Waals surface area contributed by atoms with Crippen LogP contribution in [0.5, 0.6) is 0 Å². The predicted octanol–water partition coefficient (Wildman–Crippen LogP) is 13.8. The first-order valence-corrected chi connectivity index (χ1v) is 23.2. The molecule has 0 aliphatic carbocycles. The molecule has 9 aromatic carbocycles. The quantitative estimate of drug-likeness (QED) is 0.155. The number of hydrogen-bond acceptors (Lipinski definition) is 3. The van der Waals surface area contributed by atoms with Crippen molar-refractivity contribution in [3.63, 3.8) is 0 Å². The van der Waals surface area contributed by atoms with Crippen molar-refractivity contribution < 1.29 is 0 Å². The fourth-order valence-electron chi connectivity index (χ4n) is 10.9. The van der Waals surface area contributed by atoms with E-state index in [0.717, 1.165) is 17.1 Å². The lowest BCUT2D eigenvalue weighted by Crippen LogP contribution is -2.62. The summed E-state index contributed by atoms with van der Waals surface area (Å²) in [7, 11) is -1.92. The van der Waals surface area contributed by atoms with Gasteiger partial charge in [-0.3, -0.25) is 0 Å². The van der Waals surface area contributed by atoms with E-state index in [2.05, 4.69) is 248 Å². The third-order valence-corrected chi connectivity index (χ3v) is 17.0. The minimum atomic E-state index is -1.92. The smallest absolute Gasteiger partial charge is 0.252 e. The Hall–Kier alpha value is -7.21. The lowest BCUT2D eigenvalue weighted by molar-refractivity contribution is 1.12. The zero-order valence-electron chi connectivity index (χ0n) is 35.0. The van der Waals surface area contributed by atoms with Gasteiger partial charge in [-0.2, -0.15) is 0 Å². The van der Waals surface area contributed by atoms with Gasteiger partial charge in [-0.15, -0.1) is 10.0 Å². The zero-order chi connectivity index (χ0) is 41.5. The standard InChI is InChI=1S/C57H44BN3S/c1-39-36-40(2)56(41(3)37-39)61-51-31-19-30-50-55(51)58(47-35-34-44(38-52(47)61)59(42-20-8-4-9-21-42)43-22-10-5-11-23-43)48-28-18-33-54-57(48)60(50)49-29-16-17-32-53(49)62(54,45-24-12-6-13-25-45)46-26-14-7-15-27-46/h4-38H,1-3H3. The van der Waals surface area contributed by atoms with E-state index < -0.39 is 10.0 Å². The Morgan fingerprint density at radius 2 is 0.887 bits per heavy atom. The molecule has 0 radical (unpaired) electrons. The first-order valence-electron chi connectivity index (χ1n) is 21.5. The molecule has 0 bridgehead atoms. The Morgan fingerprint density at radius 3 is 1.50 bits per heavy atom. The van der Waals surface area contributed by atoms with Crippen molar-refractivity contribution in [3.05, 3.63) is 229 Å². The normalized spacial score (nSPS) is 14.3. The number of hydrogen-bond donors (Lipinski definition) is 0. The first kappa shape index (κ1) is 36.6. The Kier molecular flexibility index (Phi) is 8.38. The van der Waals surface area contributed by atoms with Gasteiger partial charge in [-0.05, 0) is 139 Å². The number of fused-ring (bicyclic) bond motifs is 6. The molecule has 0 atom stereocenters. The number of para-hydroxylation sites is 4. The highest BCUT2D eigenvalue weighted by molar-refractivity contribution is 8.34. The second kappa shape index (κ2) is 14.2. The molecule has 0 saturated heterocycles. The zero-order valence-corrected chi connectivity index (χ0v) is 35.9. The van der Waals surface area contributed by atoms with E-state index in [1.54, 1.807) is 0 Å². The van der Waals surface area contributed by atoms with E-state index in [1.165, 1.54) is 86.8 Å². The maximum Gasteiger partial charge on any atom is 0.252 e. The summed E-state index contributed by atoms with van der Waals surface area (Å²) in [6, 6.07) is 79.4. The van der Waals surface area contributed by atoms with Crippen LogP contribution in [0, 0.1) is 20.8 Å². The Balaban J connectivity index is 1.18. The van der Waals surface area contributed by atoms with Gasteiger partial charge in [-0.1, -0.05) is 127 Å². The fraction of sp³-hybridized carbons (Fsp3) is 0.0526. The summed E-state index contributed by atoms with van der Waals surface area (Å²) in [5.74, 6) is 0. The highest BCUT2D eigenvalue weighted by Gasteiger charge is 2.50. The summed E-state index contributed by atoms with van der Waals surface area (Å²) < 4.78 is 0. The third-order valence-electron chi connectivity index (χ3n) is 13.1. The van der Waals surface area contributed by atoms with Crippen LogP contribution in [0.1, 0.15) is 16.7 Å². The Morgan fingerprint density at radius 1 is 0.387 bits per heavy atom. The van der Waals surface area contributed by atoms with Crippen LogP contribution in [-0.2, 0) is 0 Å². The van der Waals surface area contributed by atoms with Crippen molar-refractivity contribution in [2.75, 3.05) is 14.7 Å². The number of aryl methyl sites for hydroxylation is 3. The Bertz CT molecular complexity index is 3090. The molecule has 3 aliphatic rings. The van der Waals surface area contributed by atoms with Gasteiger partial charge in [0.2, 0.25) is 0 Å². The summed E-state index contributed by atoms with van der Waals surface area (Å²) in [5, 5.41) is 0. The van der Waals surface area contributed by atoms with Crippen LogP contribution < -0.4 is 31.1 Å². The first-order chi connectivity index (χ1) is 30.5. The average molecular weight is 814 g/mol. The molecule has 0 unspecified atom stereocenters. The molecule has 0 saturated carbocycles. The van der Waals surface area contributed by atoms with Crippen molar-refractivity contribution >= 4 is 84.3 Å². The van der Waals surface area contributed by atoms with Crippen LogP contribution in [0.2, 0.25) is 0 Å². The molecule has 296 valence electrons. The Labute approximate surface area is 366 Å². The van der Waals surface area contributed by atoms with Crippen LogP contribution in [0.4, 0.5) is 51.2 Å². The van der Waals surface area contributed by atoms with Gasteiger partial charge < -0.3 is 14.7 Å². The van der Waals surface area contributed by atoms with Gasteiger partial charge in [-0.25, -0.2) is 0 Å². The molecule has 0 aromatic heterocycles. The molecule has 0 fully saturated rings.